The molecule has 6 heteroatoms. The molecule has 1 N–H and O–H groups in total. The van der Waals surface area contributed by atoms with E-state index in [2.05, 4.69) is 10.2 Å². The highest BCUT2D eigenvalue weighted by atomic mass is 19.1. The van der Waals surface area contributed by atoms with Crippen LogP contribution < -0.4 is 4.74 Å². The van der Waals surface area contributed by atoms with Crippen LogP contribution in [0.15, 0.2) is 18.2 Å². The van der Waals surface area contributed by atoms with Gasteiger partial charge in [0.25, 0.3) is 0 Å². The molecule has 2 aromatic rings. The first-order valence-electron chi connectivity index (χ1n) is 6.59. The number of rotatable bonds is 3. The predicted octanol–water partition coefficient (Wildman–Crippen LogP) is 1.65. The van der Waals surface area contributed by atoms with Gasteiger partial charge in [-0.2, -0.15) is 0 Å². The number of hydrogen-bond acceptors (Lipinski definition) is 4. The summed E-state index contributed by atoms with van der Waals surface area (Å²) in [6.07, 6.45) is 1.72. The van der Waals surface area contributed by atoms with Crippen LogP contribution in [0.4, 0.5) is 4.39 Å². The van der Waals surface area contributed by atoms with Gasteiger partial charge in [-0.15, -0.1) is 10.2 Å². The monoisotopic (exact) mass is 277 g/mol. The summed E-state index contributed by atoms with van der Waals surface area (Å²) in [5, 5.41) is 17.7. The molecule has 1 aliphatic heterocycles. The SMILES string of the molecule is COc1cc(-c2nnc3n2CC(CO)CC3)ccc1F. The van der Waals surface area contributed by atoms with E-state index in [1.54, 1.807) is 12.1 Å². The van der Waals surface area contributed by atoms with Gasteiger partial charge in [-0.05, 0) is 24.6 Å². The summed E-state index contributed by atoms with van der Waals surface area (Å²) in [5.41, 5.74) is 0.764. The summed E-state index contributed by atoms with van der Waals surface area (Å²) in [4.78, 5) is 0. The minimum Gasteiger partial charge on any atom is -0.494 e. The van der Waals surface area contributed by atoms with Crippen LogP contribution in [0, 0.1) is 11.7 Å². The van der Waals surface area contributed by atoms with Gasteiger partial charge in [-0.1, -0.05) is 0 Å². The Morgan fingerprint density at radius 3 is 3.05 bits per heavy atom. The maximum absolute atomic E-state index is 13.5. The highest BCUT2D eigenvalue weighted by molar-refractivity contribution is 5.58. The number of aliphatic hydroxyl groups excluding tert-OH is 1. The summed E-state index contributed by atoms with van der Waals surface area (Å²) < 4.78 is 20.5. The van der Waals surface area contributed by atoms with Crippen molar-refractivity contribution in [2.75, 3.05) is 13.7 Å². The van der Waals surface area contributed by atoms with Gasteiger partial charge in [0, 0.05) is 31.1 Å². The molecule has 20 heavy (non-hydrogen) atoms. The fourth-order valence-electron chi connectivity index (χ4n) is 2.56. The van der Waals surface area contributed by atoms with E-state index in [4.69, 9.17) is 4.74 Å². The zero-order valence-electron chi connectivity index (χ0n) is 11.2. The first-order chi connectivity index (χ1) is 9.72. The van der Waals surface area contributed by atoms with Crippen LogP contribution in [0.5, 0.6) is 5.75 Å². The van der Waals surface area contributed by atoms with Gasteiger partial charge < -0.3 is 14.4 Å². The zero-order valence-corrected chi connectivity index (χ0v) is 11.2. The van der Waals surface area contributed by atoms with E-state index in [1.807, 2.05) is 4.57 Å². The normalized spacial score (nSPS) is 17.9. The lowest BCUT2D eigenvalue weighted by molar-refractivity contribution is 0.191. The number of benzene rings is 1. The fourth-order valence-corrected chi connectivity index (χ4v) is 2.56. The van der Waals surface area contributed by atoms with E-state index in [0.29, 0.717) is 12.4 Å². The Balaban J connectivity index is 2.01. The molecule has 1 atom stereocenters. The van der Waals surface area contributed by atoms with E-state index in [1.165, 1.54) is 13.2 Å². The van der Waals surface area contributed by atoms with Crippen molar-refractivity contribution in [3.8, 4) is 17.1 Å². The molecule has 3 rings (SSSR count). The Morgan fingerprint density at radius 2 is 2.30 bits per heavy atom. The minimum absolute atomic E-state index is 0.157. The molecule has 0 spiro atoms. The molecule has 106 valence electrons. The Labute approximate surface area is 116 Å². The van der Waals surface area contributed by atoms with Crippen molar-refractivity contribution in [1.82, 2.24) is 14.8 Å². The lowest BCUT2D eigenvalue weighted by Crippen LogP contribution is -2.23. The van der Waals surface area contributed by atoms with Crippen molar-refractivity contribution in [3.63, 3.8) is 0 Å². The number of hydrogen-bond donors (Lipinski definition) is 1. The van der Waals surface area contributed by atoms with Crippen molar-refractivity contribution in [3.05, 3.63) is 29.8 Å². The first kappa shape index (κ1) is 13.1. The number of ether oxygens (including phenoxy) is 1. The Hall–Kier alpha value is -1.95. The highest BCUT2D eigenvalue weighted by Crippen LogP contribution is 2.28. The molecule has 0 bridgehead atoms. The average molecular weight is 277 g/mol. The number of halogens is 1. The molecule has 1 aromatic carbocycles. The second-order valence-electron chi connectivity index (χ2n) is 4.99. The summed E-state index contributed by atoms with van der Waals surface area (Å²) in [6.45, 7) is 0.845. The molecule has 0 saturated carbocycles. The third kappa shape index (κ3) is 2.16. The number of nitrogens with zero attached hydrogens (tertiary/aromatic N) is 3. The van der Waals surface area contributed by atoms with Crippen LogP contribution in [0.25, 0.3) is 11.4 Å². The summed E-state index contributed by atoms with van der Waals surface area (Å²) in [5.74, 6) is 1.61. The quantitative estimate of drug-likeness (QED) is 0.926. The Kier molecular flexibility index (Phi) is 3.40. The van der Waals surface area contributed by atoms with Gasteiger partial charge in [0.15, 0.2) is 17.4 Å². The minimum atomic E-state index is -0.400. The highest BCUT2D eigenvalue weighted by Gasteiger charge is 2.23. The van der Waals surface area contributed by atoms with Gasteiger partial charge in [-0.25, -0.2) is 4.39 Å². The van der Waals surface area contributed by atoms with E-state index in [0.717, 1.165) is 24.2 Å². The summed E-state index contributed by atoms with van der Waals surface area (Å²) >= 11 is 0. The van der Waals surface area contributed by atoms with E-state index in [9.17, 15) is 9.50 Å². The van der Waals surface area contributed by atoms with Crippen molar-refractivity contribution >= 4 is 0 Å². The van der Waals surface area contributed by atoms with Gasteiger partial charge in [-0.3, -0.25) is 0 Å². The molecule has 2 heterocycles. The van der Waals surface area contributed by atoms with Crippen molar-refractivity contribution in [2.24, 2.45) is 5.92 Å². The predicted molar refractivity (Wildman–Crippen MR) is 70.9 cm³/mol. The zero-order chi connectivity index (χ0) is 14.1. The number of aliphatic hydroxyl groups is 1. The van der Waals surface area contributed by atoms with Gasteiger partial charge in [0.1, 0.15) is 5.82 Å². The molecule has 0 amide bonds. The topological polar surface area (TPSA) is 60.2 Å². The lowest BCUT2D eigenvalue weighted by atomic mass is 10.00. The first-order valence-corrected chi connectivity index (χ1v) is 6.59. The number of fused-ring (bicyclic) bond motifs is 1. The van der Waals surface area contributed by atoms with Crippen molar-refractivity contribution in [1.29, 1.82) is 0 Å². The molecule has 1 unspecified atom stereocenters. The van der Waals surface area contributed by atoms with Crippen LogP contribution in [0.2, 0.25) is 0 Å². The number of methoxy groups -OCH3 is 1. The molecule has 0 radical (unpaired) electrons. The maximum atomic E-state index is 13.5. The third-order valence-electron chi connectivity index (χ3n) is 3.71. The fraction of sp³-hybridized carbons (Fsp3) is 0.429. The molecule has 1 aliphatic rings. The molecule has 1 aromatic heterocycles. The second-order valence-corrected chi connectivity index (χ2v) is 4.99. The van der Waals surface area contributed by atoms with Crippen molar-refractivity contribution in [2.45, 2.75) is 19.4 Å². The third-order valence-corrected chi connectivity index (χ3v) is 3.71. The van der Waals surface area contributed by atoms with E-state index < -0.39 is 5.82 Å². The largest absolute Gasteiger partial charge is 0.494 e. The maximum Gasteiger partial charge on any atom is 0.165 e. The second kappa shape index (κ2) is 5.20. The Morgan fingerprint density at radius 1 is 1.45 bits per heavy atom. The Bertz CT molecular complexity index is 627. The standard InChI is InChI=1S/C14H16FN3O2/c1-20-12-6-10(3-4-11(12)15)14-17-16-13-5-2-9(8-19)7-18(13)14/h3-4,6,9,19H,2,5,7-8H2,1H3. The smallest absolute Gasteiger partial charge is 0.165 e. The average Bonchev–Trinajstić information content (AvgIpc) is 2.90. The van der Waals surface area contributed by atoms with E-state index >= 15 is 0 Å². The van der Waals surface area contributed by atoms with Crippen LogP contribution in [-0.4, -0.2) is 33.6 Å². The molecule has 0 aliphatic carbocycles. The molecule has 5 nitrogen and oxygen atoms in total. The van der Waals surface area contributed by atoms with Crippen LogP contribution in [0.3, 0.4) is 0 Å². The molecular weight excluding hydrogens is 261 g/mol. The van der Waals surface area contributed by atoms with Gasteiger partial charge in [0.2, 0.25) is 0 Å². The van der Waals surface area contributed by atoms with Crippen molar-refractivity contribution < 1.29 is 14.2 Å². The van der Waals surface area contributed by atoms with Gasteiger partial charge >= 0.3 is 0 Å². The summed E-state index contributed by atoms with van der Waals surface area (Å²) in [6, 6.07) is 4.65. The van der Waals surface area contributed by atoms with Crippen LogP contribution in [0.1, 0.15) is 12.2 Å². The molecular formula is C14H16FN3O2. The summed E-state index contributed by atoms with van der Waals surface area (Å²) in [7, 11) is 1.43. The lowest BCUT2D eigenvalue weighted by Gasteiger charge is -2.22. The molecule has 0 saturated heterocycles. The number of aromatic nitrogens is 3. The van der Waals surface area contributed by atoms with Crippen LogP contribution in [-0.2, 0) is 13.0 Å². The molecule has 0 fully saturated rings. The van der Waals surface area contributed by atoms with Crippen LogP contribution >= 0.6 is 0 Å². The van der Waals surface area contributed by atoms with E-state index in [-0.39, 0.29) is 18.3 Å². The number of aryl methyl sites for hydroxylation is 1. The van der Waals surface area contributed by atoms with Gasteiger partial charge in [0.05, 0.1) is 7.11 Å².